The number of hydrogen-bond donors (Lipinski definition) is 1. The Balaban J connectivity index is 1.58. The summed E-state index contributed by atoms with van der Waals surface area (Å²) in [6.07, 6.45) is 0.956. The van der Waals surface area contributed by atoms with Crippen molar-refractivity contribution in [2.24, 2.45) is 5.92 Å². The molecule has 4 rings (SSSR count). The summed E-state index contributed by atoms with van der Waals surface area (Å²) in [5, 5.41) is 0.356. The molecule has 2 amide bonds. The maximum absolute atomic E-state index is 14.6. The number of fused-ring (bicyclic) bond motifs is 1. The summed E-state index contributed by atoms with van der Waals surface area (Å²) in [6.45, 7) is 5.46. The van der Waals surface area contributed by atoms with Crippen LogP contribution in [0.1, 0.15) is 36.2 Å². The van der Waals surface area contributed by atoms with Gasteiger partial charge in [-0.3, -0.25) is 23.9 Å². The number of carbonyl (C=O) groups is 2. The molecule has 1 aromatic heterocycles. The van der Waals surface area contributed by atoms with Crippen molar-refractivity contribution in [3.05, 3.63) is 80.2 Å². The largest absolute Gasteiger partial charge is 0.339 e. The molecule has 8 nitrogen and oxygen atoms in total. The second-order valence-corrected chi connectivity index (χ2v) is 8.76. The number of rotatable bonds is 6. The van der Waals surface area contributed by atoms with Gasteiger partial charge in [0.2, 0.25) is 5.91 Å². The van der Waals surface area contributed by atoms with Gasteiger partial charge < -0.3 is 9.80 Å². The smallest absolute Gasteiger partial charge is 0.329 e. The Kier molecular flexibility index (Phi) is 6.63. The number of nitrogens with zero attached hydrogens (tertiary/aromatic N) is 3. The van der Waals surface area contributed by atoms with Crippen molar-refractivity contribution in [3.8, 4) is 0 Å². The molecule has 1 N–H and O–H groups in total. The third kappa shape index (κ3) is 4.64. The van der Waals surface area contributed by atoms with Crippen molar-refractivity contribution in [1.29, 1.82) is 0 Å². The topological polar surface area (TPSA) is 95.5 Å². The molecule has 0 aliphatic carbocycles. The zero-order valence-corrected chi connectivity index (χ0v) is 19.2. The van der Waals surface area contributed by atoms with Gasteiger partial charge in [-0.1, -0.05) is 38.5 Å². The summed E-state index contributed by atoms with van der Waals surface area (Å²) in [5.41, 5.74) is -0.266. The van der Waals surface area contributed by atoms with Crippen LogP contribution in [0.15, 0.2) is 52.1 Å². The fourth-order valence-corrected chi connectivity index (χ4v) is 4.17. The molecule has 0 saturated carbocycles. The Morgan fingerprint density at radius 3 is 2.62 bits per heavy atom. The van der Waals surface area contributed by atoms with E-state index in [4.69, 9.17) is 0 Å². The van der Waals surface area contributed by atoms with Gasteiger partial charge in [-0.05, 0) is 35.7 Å². The zero-order valence-electron chi connectivity index (χ0n) is 19.2. The molecule has 1 fully saturated rings. The first-order chi connectivity index (χ1) is 16.3. The van der Waals surface area contributed by atoms with Crippen molar-refractivity contribution >= 4 is 22.7 Å². The molecule has 0 spiro atoms. The first kappa shape index (κ1) is 23.4. The lowest BCUT2D eigenvalue weighted by Crippen LogP contribution is -2.53. The molecule has 34 heavy (non-hydrogen) atoms. The minimum Gasteiger partial charge on any atom is -0.339 e. The number of aromatic amines is 1. The molecule has 178 valence electrons. The number of carbonyl (C=O) groups excluding carboxylic acids is 2. The average Bonchev–Trinajstić information content (AvgIpc) is 2.83. The van der Waals surface area contributed by atoms with E-state index in [0.29, 0.717) is 42.0 Å². The van der Waals surface area contributed by atoms with Gasteiger partial charge in [-0.15, -0.1) is 0 Å². The second kappa shape index (κ2) is 9.62. The highest BCUT2D eigenvalue weighted by molar-refractivity contribution is 5.97. The van der Waals surface area contributed by atoms with E-state index in [1.807, 2.05) is 0 Å². The van der Waals surface area contributed by atoms with E-state index in [1.54, 1.807) is 29.2 Å². The standard InChI is InChI=1S/C25H27FN4O4/c1-3-16(2)13-28-10-11-29(15-22(28)31)24(33)19-12-17(8-9-20(19)26)14-30-21-7-5-4-6-18(21)23(32)27-25(30)34/h4-9,12,16H,3,10-11,13-15H2,1-2H3,(H,27,32,34). The van der Waals surface area contributed by atoms with Gasteiger partial charge in [0.25, 0.3) is 11.5 Å². The van der Waals surface area contributed by atoms with Crippen LogP contribution in [0, 0.1) is 11.7 Å². The van der Waals surface area contributed by atoms with Gasteiger partial charge in [-0.2, -0.15) is 0 Å². The van der Waals surface area contributed by atoms with Crippen molar-refractivity contribution in [1.82, 2.24) is 19.4 Å². The number of para-hydroxylation sites is 1. The Morgan fingerprint density at radius 2 is 1.88 bits per heavy atom. The van der Waals surface area contributed by atoms with Gasteiger partial charge in [0.15, 0.2) is 0 Å². The summed E-state index contributed by atoms with van der Waals surface area (Å²) in [6, 6.07) is 10.8. The lowest BCUT2D eigenvalue weighted by molar-refractivity contribution is -0.135. The number of amides is 2. The van der Waals surface area contributed by atoms with Crippen LogP contribution in [0.3, 0.4) is 0 Å². The number of hydrogen-bond acceptors (Lipinski definition) is 4. The van der Waals surface area contributed by atoms with Crippen LogP contribution in [0.5, 0.6) is 0 Å². The molecular formula is C25H27FN4O4. The number of benzene rings is 2. The zero-order chi connectivity index (χ0) is 24.4. The van der Waals surface area contributed by atoms with Crippen LogP contribution in [0.25, 0.3) is 10.9 Å². The number of H-pyrrole nitrogens is 1. The van der Waals surface area contributed by atoms with Crippen molar-refractivity contribution in [2.45, 2.75) is 26.8 Å². The molecular weight excluding hydrogens is 439 g/mol. The van der Waals surface area contributed by atoms with E-state index in [0.717, 1.165) is 6.42 Å². The highest BCUT2D eigenvalue weighted by atomic mass is 19.1. The molecule has 3 aromatic rings. The number of halogens is 1. The van der Waals surface area contributed by atoms with Crippen LogP contribution in [-0.2, 0) is 11.3 Å². The SMILES string of the molecule is CCC(C)CN1CCN(C(=O)c2cc(Cn3c(=O)[nH]c(=O)c4ccccc43)ccc2F)CC1=O. The van der Waals surface area contributed by atoms with Crippen LogP contribution in [0.4, 0.5) is 4.39 Å². The van der Waals surface area contributed by atoms with Gasteiger partial charge in [0.05, 0.1) is 23.0 Å². The van der Waals surface area contributed by atoms with E-state index in [2.05, 4.69) is 18.8 Å². The van der Waals surface area contributed by atoms with E-state index in [9.17, 15) is 23.6 Å². The van der Waals surface area contributed by atoms with E-state index in [1.165, 1.54) is 27.7 Å². The van der Waals surface area contributed by atoms with Gasteiger partial charge in [0, 0.05) is 19.6 Å². The molecule has 0 bridgehead atoms. The monoisotopic (exact) mass is 466 g/mol. The summed E-state index contributed by atoms with van der Waals surface area (Å²) < 4.78 is 16.0. The number of piperazine rings is 1. The van der Waals surface area contributed by atoms with Gasteiger partial charge >= 0.3 is 5.69 Å². The summed E-state index contributed by atoms with van der Waals surface area (Å²) in [5.74, 6) is -1.04. The Labute approximate surface area is 195 Å². The summed E-state index contributed by atoms with van der Waals surface area (Å²) in [4.78, 5) is 55.6. The normalized spacial score (nSPS) is 15.1. The van der Waals surface area contributed by atoms with Crippen LogP contribution >= 0.6 is 0 Å². The predicted molar refractivity (Wildman–Crippen MR) is 126 cm³/mol. The molecule has 2 heterocycles. The molecule has 0 radical (unpaired) electrons. The van der Waals surface area contributed by atoms with Crippen LogP contribution < -0.4 is 11.2 Å². The molecule has 2 aromatic carbocycles. The minimum atomic E-state index is -0.693. The first-order valence-corrected chi connectivity index (χ1v) is 11.4. The molecule has 9 heteroatoms. The maximum atomic E-state index is 14.6. The second-order valence-electron chi connectivity index (χ2n) is 8.76. The van der Waals surface area contributed by atoms with Crippen molar-refractivity contribution < 1.29 is 14.0 Å². The molecule has 1 saturated heterocycles. The number of nitrogens with one attached hydrogen (secondary N) is 1. The third-order valence-electron chi connectivity index (χ3n) is 6.34. The van der Waals surface area contributed by atoms with Gasteiger partial charge in [-0.25, -0.2) is 9.18 Å². The molecule has 1 atom stereocenters. The van der Waals surface area contributed by atoms with Crippen LogP contribution in [0.2, 0.25) is 0 Å². The fraction of sp³-hybridized carbons (Fsp3) is 0.360. The van der Waals surface area contributed by atoms with E-state index >= 15 is 0 Å². The number of aromatic nitrogens is 2. The van der Waals surface area contributed by atoms with Crippen molar-refractivity contribution in [3.63, 3.8) is 0 Å². The third-order valence-corrected chi connectivity index (χ3v) is 6.34. The van der Waals surface area contributed by atoms with Gasteiger partial charge in [0.1, 0.15) is 12.4 Å². The predicted octanol–water partition coefficient (Wildman–Crippen LogP) is 2.21. The Hall–Kier alpha value is -3.75. The molecule has 1 unspecified atom stereocenters. The quantitative estimate of drug-likeness (QED) is 0.603. The fourth-order valence-electron chi connectivity index (χ4n) is 4.17. The Morgan fingerprint density at radius 1 is 1.12 bits per heavy atom. The maximum Gasteiger partial charge on any atom is 0.329 e. The van der Waals surface area contributed by atoms with E-state index in [-0.39, 0.29) is 24.6 Å². The lowest BCUT2D eigenvalue weighted by atomic mass is 10.1. The van der Waals surface area contributed by atoms with Crippen LogP contribution in [-0.4, -0.2) is 57.3 Å². The summed E-state index contributed by atoms with van der Waals surface area (Å²) in [7, 11) is 0. The highest BCUT2D eigenvalue weighted by Crippen LogP contribution is 2.18. The van der Waals surface area contributed by atoms with E-state index < -0.39 is 23.0 Å². The van der Waals surface area contributed by atoms with Crippen molar-refractivity contribution in [2.75, 3.05) is 26.2 Å². The first-order valence-electron chi connectivity index (χ1n) is 11.4. The highest BCUT2D eigenvalue weighted by Gasteiger charge is 2.29. The molecule has 1 aliphatic rings. The average molecular weight is 467 g/mol. The Bertz CT molecular complexity index is 1360. The lowest BCUT2D eigenvalue weighted by Gasteiger charge is -2.35. The molecule has 1 aliphatic heterocycles. The minimum absolute atomic E-state index is 0.0400. The summed E-state index contributed by atoms with van der Waals surface area (Å²) >= 11 is 0.